The van der Waals surface area contributed by atoms with Gasteiger partial charge in [-0.3, -0.25) is 19.2 Å². The van der Waals surface area contributed by atoms with Crippen LogP contribution >= 0.6 is 139 Å². The molecule has 0 unspecified atom stereocenters. The lowest BCUT2D eigenvalue weighted by molar-refractivity contribution is 0.101. The molecule has 0 saturated heterocycles. The van der Waals surface area contributed by atoms with Crippen molar-refractivity contribution in [2.45, 2.75) is 0 Å². The molecule has 0 saturated carbocycles. The molecule has 0 radical (unpaired) electrons. The Kier molecular flexibility index (Phi) is 23.0. The zero-order valence-electron chi connectivity index (χ0n) is 36.3. The molecule has 72 heavy (non-hydrogen) atoms. The summed E-state index contributed by atoms with van der Waals surface area (Å²) in [4.78, 5) is 47.8. The molecule has 8 rings (SSSR count). The van der Waals surface area contributed by atoms with Gasteiger partial charge in [0.2, 0.25) is 0 Å². The van der Waals surface area contributed by atoms with E-state index in [2.05, 4.69) is 21.3 Å². The fourth-order valence-electron chi connectivity index (χ4n) is 5.62. The van der Waals surface area contributed by atoms with Gasteiger partial charge in [0, 0.05) is 42.3 Å². The minimum atomic E-state index is -0.290. The molecule has 20 heteroatoms. The molecule has 0 heterocycles. The predicted molar refractivity (Wildman–Crippen MR) is 303 cm³/mol. The van der Waals surface area contributed by atoms with E-state index in [1.807, 2.05) is 0 Å². The first kappa shape index (κ1) is 58.0. The molecule has 8 nitrogen and oxygen atoms in total. The SMILES string of the molecule is O=C(Nc1c(Cl)cccc1Cl)c1ccc(Cl)cc1.O=C(Nc1c(Cl)cccc1Cl)c1ccc(Cl)cc1.O=C(Nc1c(Cl)cccc1Cl)c1ccc(Cl)cc1.O=C(Nc1c(Cl)cccc1Cl)c1ccc(Cl)cc1. The number of anilines is 4. The van der Waals surface area contributed by atoms with E-state index in [0.717, 1.165) is 0 Å². The zero-order chi connectivity index (χ0) is 52.5. The maximum Gasteiger partial charge on any atom is 0.255 e. The number of rotatable bonds is 8. The van der Waals surface area contributed by atoms with Crippen molar-refractivity contribution in [3.05, 3.63) is 252 Å². The van der Waals surface area contributed by atoms with Gasteiger partial charge in [0.1, 0.15) is 0 Å². The number of nitrogens with one attached hydrogen (secondary N) is 4. The summed E-state index contributed by atoms with van der Waals surface area (Å²) in [6.07, 6.45) is 0. The lowest BCUT2D eigenvalue weighted by Gasteiger charge is -2.09. The molecule has 4 N–H and O–H groups in total. The van der Waals surface area contributed by atoms with Crippen LogP contribution in [0.4, 0.5) is 22.7 Å². The van der Waals surface area contributed by atoms with E-state index in [-0.39, 0.29) is 23.6 Å². The highest BCUT2D eigenvalue weighted by atomic mass is 35.5. The number of benzene rings is 8. The average molecular weight is 1200 g/mol. The van der Waals surface area contributed by atoms with E-state index < -0.39 is 0 Å². The van der Waals surface area contributed by atoms with Crippen LogP contribution in [0.15, 0.2) is 170 Å². The van der Waals surface area contributed by atoms with Crippen molar-refractivity contribution < 1.29 is 19.2 Å². The fourth-order valence-corrected chi connectivity index (χ4v) is 8.09. The second kappa shape index (κ2) is 28.5. The minimum absolute atomic E-state index is 0.290. The molecular formula is C52H32Cl12N4O4. The topological polar surface area (TPSA) is 116 Å². The highest BCUT2D eigenvalue weighted by Gasteiger charge is 2.15. The molecular weight excluding hydrogens is 1170 g/mol. The van der Waals surface area contributed by atoms with Crippen molar-refractivity contribution in [2.75, 3.05) is 21.3 Å². The summed E-state index contributed by atoms with van der Waals surface area (Å²) in [5.74, 6) is -1.16. The molecule has 368 valence electrons. The smallest absolute Gasteiger partial charge is 0.255 e. The van der Waals surface area contributed by atoms with Crippen LogP contribution in [0.1, 0.15) is 41.4 Å². The van der Waals surface area contributed by atoms with Gasteiger partial charge in [-0.2, -0.15) is 0 Å². The van der Waals surface area contributed by atoms with E-state index in [4.69, 9.17) is 139 Å². The maximum atomic E-state index is 12.0. The molecule has 0 atom stereocenters. The number of halogens is 12. The Morgan fingerprint density at radius 3 is 0.500 bits per heavy atom. The zero-order valence-corrected chi connectivity index (χ0v) is 45.4. The first-order valence-electron chi connectivity index (χ1n) is 20.3. The predicted octanol–water partition coefficient (Wildman–Crippen LogP) is 19.6. The first-order valence-corrected chi connectivity index (χ1v) is 24.9. The molecule has 0 fully saturated rings. The summed E-state index contributed by atoms with van der Waals surface area (Å²) < 4.78 is 0. The molecule has 0 aliphatic rings. The summed E-state index contributed by atoms with van der Waals surface area (Å²) in [6.45, 7) is 0. The van der Waals surface area contributed by atoms with Gasteiger partial charge in [-0.05, 0) is 146 Å². The number of hydrogen-bond donors (Lipinski definition) is 4. The second-order valence-corrected chi connectivity index (χ2v) is 19.2. The van der Waals surface area contributed by atoms with Crippen LogP contribution in [0.2, 0.25) is 60.3 Å². The highest BCUT2D eigenvalue weighted by molar-refractivity contribution is 6.42. The van der Waals surface area contributed by atoms with Gasteiger partial charge in [-0.15, -0.1) is 0 Å². The van der Waals surface area contributed by atoms with Crippen LogP contribution in [-0.4, -0.2) is 23.6 Å². The standard InChI is InChI=1S/4C13H8Cl3NO/c4*14-9-6-4-8(5-7-9)13(18)17-12-10(15)2-1-3-11(12)16/h4*1-7H,(H,17,18). The van der Waals surface area contributed by atoms with Gasteiger partial charge in [-0.25, -0.2) is 0 Å². The van der Waals surface area contributed by atoms with Crippen molar-refractivity contribution in [3.63, 3.8) is 0 Å². The summed E-state index contributed by atoms with van der Waals surface area (Å²) in [5, 5.41) is 16.1. The van der Waals surface area contributed by atoms with Gasteiger partial charge in [0.05, 0.1) is 62.9 Å². The summed E-state index contributed by atoms with van der Waals surface area (Å²) in [5.41, 5.74) is 3.54. The summed E-state index contributed by atoms with van der Waals surface area (Å²) in [6, 6.07) is 46.3. The molecule has 0 aliphatic carbocycles. The van der Waals surface area contributed by atoms with Crippen molar-refractivity contribution in [2.24, 2.45) is 0 Å². The molecule has 8 aromatic carbocycles. The fraction of sp³-hybridized carbons (Fsp3) is 0. The van der Waals surface area contributed by atoms with E-state index in [0.29, 0.717) is 105 Å². The molecule has 0 aliphatic heterocycles. The maximum absolute atomic E-state index is 12.0. The van der Waals surface area contributed by atoms with E-state index >= 15 is 0 Å². The Morgan fingerprint density at radius 1 is 0.222 bits per heavy atom. The van der Waals surface area contributed by atoms with Crippen molar-refractivity contribution >= 4 is 186 Å². The Morgan fingerprint density at radius 2 is 0.361 bits per heavy atom. The van der Waals surface area contributed by atoms with Crippen molar-refractivity contribution in [1.82, 2.24) is 0 Å². The molecule has 0 bridgehead atoms. The van der Waals surface area contributed by atoms with Gasteiger partial charge >= 0.3 is 0 Å². The lowest BCUT2D eigenvalue weighted by atomic mass is 10.2. The molecule has 0 aromatic heterocycles. The van der Waals surface area contributed by atoms with E-state index in [9.17, 15) is 19.2 Å². The second-order valence-electron chi connectivity index (χ2n) is 14.2. The number of amides is 4. The summed E-state index contributed by atoms with van der Waals surface area (Å²) in [7, 11) is 0. The Labute approximate surface area is 474 Å². The molecule has 0 spiro atoms. The largest absolute Gasteiger partial charge is 0.319 e. The molecule has 8 aromatic rings. The van der Waals surface area contributed by atoms with Crippen molar-refractivity contribution in [1.29, 1.82) is 0 Å². The number of carbonyl (C=O) groups is 4. The average Bonchev–Trinajstić information content (AvgIpc) is 3.35. The van der Waals surface area contributed by atoms with Crippen LogP contribution in [-0.2, 0) is 0 Å². The van der Waals surface area contributed by atoms with Gasteiger partial charge in [0.15, 0.2) is 0 Å². The first-order chi connectivity index (χ1) is 34.3. The van der Waals surface area contributed by atoms with E-state index in [1.54, 1.807) is 170 Å². The minimum Gasteiger partial charge on any atom is -0.319 e. The normalized spacial score (nSPS) is 10.2. The highest BCUT2D eigenvalue weighted by Crippen LogP contribution is 2.33. The lowest BCUT2D eigenvalue weighted by Crippen LogP contribution is -2.12. The van der Waals surface area contributed by atoms with Gasteiger partial charge in [0.25, 0.3) is 23.6 Å². The van der Waals surface area contributed by atoms with Crippen LogP contribution in [0.25, 0.3) is 0 Å². The number of para-hydroxylation sites is 4. The van der Waals surface area contributed by atoms with Crippen LogP contribution in [0.5, 0.6) is 0 Å². The van der Waals surface area contributed by atoms with Crippen LogP contribution in [0, 0.1) is 0 Å². The van der Waals surface area contributed by atoms with Crippen LogP contribution < -0.4 is 21.3 Å². The quantitative estimate of drug-likeness (QED) is 0.121. The summed E-state index contributed by atoms with van der Waals surface area (Å²) >= 11 is 70.7. The third-order valence-electron chi connectivity index (χ3n) is 9.23. The van der Waals surface area contributed by atoms with Crippen molar-refractivity contribution in [3.8, 4) is 0 Å². The van der Waals surface area contributed by atoms with Gasteiger partial charge < -0.3 is 21.3 Å². The monoisotopic (exact) mass is 1200 g/mol. The third kappa shape index (κ3) is 17.7. The number of hydrogen-bond acceptors (Lipinski definition) is 4. The Bertz CT molecular complexity index is 2670. The third-order valence-corrected chi connectivity index (χ3v) is 12.8. The Hall–Kier alpha value is -4.88. The van der Waals surface area contributed by atoms with Crippen LogP contribution in [0.3, 0.4) is 0 Å². The Balaban J connectivity index is 0.000000178. The van der Waals surface area contributed by atoms with E-state index in [1.165, 1.54) is 0 Å². The van der Waals surface area contributed by atoms with Gasteiger partial charge in [-0.1, -0.05) is 163 Å². The number of carbonyl (C=O) groups excluding carboxylic acids is 4. The molecule has 4 amide bonds.